The highest BCUT2D eigenvalue weighted by Gasteiger charge is 2.25. The molecule has 0 radical (unpaired) electrons. The van der Waals surface area contributed by atoms with E-state index in [1.807, 2.05) is 12.1 Å². The minimum Gasteiger partial charge on any atom is -0.383 e. The zero-order valence-corrected chi connectivity index (χ0v) is 12.5. The number of anilines is 1. The number of ether oxygens (including phenoxy) is 1. The van der Waals surface area contributed by atoms with Gasteiger partial charge in [-0.05, 0) is 37.0 Å². The van der Waals surface area contributed by atoms with E-state index in [0.717, 1.165) is 37.2 Å². The van der Waals surface area contributed by atoms with Crippen LogP contribution in [0.25, 0.3) is 0 Å². The minimum atomic E-state index is -0.101. The fourth-order valence-corrected chi connectivity index (χ4v) is 2.88. The molecule has 1 heterocycles. The van der Waals surface area contributed by atoms with Crippen LogP contribution in [0, 0.1) is 5.82 Å². The molecule has 0 saturated carbocycles. The summed E-state index contributed by atoms with van der Waals surface area (Å²) in [7, 11) is 1.68. The molecule has 1 atom stereocenters. The topological polar surface area (TPSA) is 24.5 Å². The predicted octanol–water partition coefficient (Wildman–Crippen LogP) is 2.94. The molecule has 1 N–H and O–H groups in total. The zero-order chi connectivity index (χ0) is 14.4. The number of hydrogen-bond donors (Lipinski definition) is 1. The maximum absolute atomic E-state index is 14.3. The molecule has 1 aliphatic rings. The number of nitrogens with one attached hydrogen (secondary N) is 1. The Morgan fingerprint density at radius 1 is 1.45 bits per heavy atom. The Balaban J connectivity index is 1.98. The first kappa shape index (κ1) is 15.3. The third-order valence-electron chi connectivity index (χ3n) is 3.98. The van der Waals surface area contributed by atoms with Gasteiger partial charge in [0.2, 0.25) is 0 Å². The molecular formula is C16H25FN2O. The maximum Gasteiger partial charge on any atom is 0.146 e. The van der Waals surface area contributed by atoms with Gasteiger partial charge in [-0.15, -0.1) is 0 Å². The molecule has 0 amide bonds. The Kier molecular flexibility index (Phi) is 5.80. The summed E-state index contributed by atoms with van der Waals surface area (Å²) < 4.78 is 19.3. The van der Waals surface area contributed by atoms with Gasteiger partial charge in [-0.25, -0.2) is 4.39 Å². The molecule has 1 unspecified atom stereocenters. The molecule has 4 heteroatoms. The van der Waals surface area contributed by atoms with Gasteiger partial charge in [0, 0.05) is 32.8 Å². The van der Waals surface area contributed by atoms with Crippen LogP contribution in [0.3, 0.4) is 0 Å². The Hall–Kier alpha value is -1.13. The predicted molar refractivity (Wildman–Crippen MR) is 80.6 cm³/mol. The third kappa shape index (κ3) is 3.70. The van der Waals surface area contributed by atoms with Gasteiger partial charge in [0.25, 0.3) is 0 Å². The first-order valence-electron chi connectivity index (χ1n) is 7.51. The molecule has 112 valence electrons. The van der Waals surface area contributed by atoms with Crippen LogP contribution in [0.1, 0.15) is 31.7 Å². The Morgan fingerprint density at radius 3 is 3.00 bits per heavy atom. The lowest BCUT2D eigenvalue weighted by Gasteiger charge is -2.26. The van der Waals surface area contributed by atoms with Crippen molar-refractivity contribution in [1.29, 1.82) is 0 Å². The van der Waals surface area contributed by atoms with Gasteiger partial charge in [-0.3, -0.25) is 0 Å². The smallest absolute Gasteiger partial charge is 0.146 e. The average molecular weight is 280 g/mol. The Morgan fingerprint density at radius 2 is 2.30 bits per heavy atom. The first-order valence-corrected chi connectivity index (χ1v) is 7.51. The third-order valence-corrected chi connectivity index (χ3v) is 3.98. The van der Waals surface area contributed by atoms with Crippen molar-refractivity contribution in [2.24, 2.45) is 0 Å². The molecule has 0 spiro atoms. The highest BCUT2D eigenvalue weighted by molar-refractivity contribution is 5.51. The molecule has 1 aromatic carbocycles. The molecule has 1 aromatic rings. The van der Waals surface area contributed by atoms with Crippen LogP contribution in [-0.2, 0) is 11.3 Å². The molecule has 20 heavy (non-hydrogen) atoms. The van der Waals surface area contributed by atoms with E-state index in [1.54, 1.807) is 13.2 Å². The van der Waals surface area contributed by atoms with Crippen molar-refractivity contribution in [2.45, 2.75) is 38.8 Å². The van der Waals surface area contributed by atoms with Gasteiger partial charge in [0.1, 0.15) is 5.82 Å². The SMILES string of the molecule is CCC1CCCN1c1ccc(CNCCOC)cc1F. The average Bonchev–Trinajstić information content (AvgIpc) is 2.92. The summed E-state index contributed by atoms with van der Waals surface area (Å²) in [5.41, 5.74) is 1.74. The minimum absolute atomic E-state index is 0.101. The van der Waals surface area contributed by atoms with Crippen LogP contribution < -0.4 is 10.2 Å². The highest BCUT2D eigenvalue weighted by Crippen LogP contribution is 2.29. The second-order valence-electron chi connectivity index (χ2n) is 5.35. The van der Waals surface area contributed by atoms with E-state index < -0.39 is 0 Å². The monoisotopic (exact) mass is 280 g/mol. The standard InChI is InChI=1S/C16H25FN2O/c1-3-14-5-4-9-19(14)16-7-6-13(11-15(16)17)12-18-8-10-20-2/h6-7,11,14,18H,3-5,8-10,12H2,1-2H3. The summed E-state index contributed by atoms with van der Waals surface area (Å²) in [6.45, 7) is 5.28. The van der Waals surface area contributed by atoms with Gasteiger partial charge in [-0.1, -0.05) is 13.0 Å². The maximum atomic E-state index is 14.3. The Bertz CT molecular complexity index is 425. The van der Waals surface area contributed by atoms with Crippen LogP contribution in [0.2, 0.25) is 0 Å². The van der Waals surface area contributed by atoms with Crippen molar-refractivity contribution in [3.63, 3.8) is 0 Å². The summed E-state index contributed by atoms with van der Waals surface area (Å²) in [5.74, 6) is -0.101. The largest absolute Gasteiger partial charge is 0.383 e. The lowest BCUT2D eigenvalue weighted by Crippen LogP contribution is -2.29. The molecule has 1 fully saturated rings. The summed E-state index contributed by atoms with van der Waals surface area (Å²) in [6, 6.07) is 6.09. The molecule has 0 aromatic heterocycles. The fourth-order valence-electron chi connectivity index (χ4n) is 2.88. The molecule has 0 bridgehead atoms. The summed E-state index contributed by atoms with van der Waals surface area (Å²) in [4.78, 5) is 2.22. The van der Waals surface area contributed by atoms with Gasteiger partial charge in [0.15, 0.2) is 0 Å². The summed E-state index contributed by atoms with van der Waals surface area (Å²) in [6.07, 6.45) is 3.42. The number of rotatable bonds is 7. The van der Waals surface area contributed by atoms with E-state index in [9.17, 15) is 4.39 Å². The quantitative estimate of drug-likeness (QED) is 0.777. The zero-order valence-electron chi connectivity index (χ0n) is 12.5. The number of halogens is 1. The number of methoxy groups -OCH3 is 1. The Labute approximate surface area is 121 Å². The van der Waals surface area contributed by atoms with Crippen molar-refractivity contribution in [3.05, 3.63) is 29.6 Å². The molecule has 2 rings (SSSR count). The number of benzene rings is 1. The summed E-state index contributed by atoms with van der Waals surface area (Å²) >= 11 is 0. The van der Waals surface area contributed by atoms with Crippen molar-refractivity contribution in [3.8, 4) is 0 Å². The number of nitrogens with zero attached hydrogens (tertiary/aromatic N) is 1. The second kappa shape index (κ2) is 7.60. The van der Waals surface area contributed by atoms with Crippen LogP contribution >= 0.6 is 0 Å². The van der Waals surface area contributed by atoms with E-state index in [1.165, 1.54) is 6.42 Å². The number of hydrogen-bond acceptors (Lipinski definition) is 3. The lowest BCUT2D eigenvalue weighted by molar-refractivity contribution is 0.199. The molecule has 0 aliphatic carbocycles. The molecular weight excluding hydrogens is 255 g/mol. The van der Waals surface area contributed by atoms with Crippen molar-refractivity contribution >= 4 is 5.69 Å². The van der Waals surface area contributed by atoms with E-state index >= 15 is 0 Å². The van der Waals surface area contributed by atoms with E-state index in [-0.39, 0.29) is 5.82 Å². The van der Waals surface area contributed by atoms with Crippen LogP contribution in [-0.4, -0.2) is 32.8 Å². The van der Waals surface area contributed by atoms with E-state index in [0.29, 0.717) is 19.2 Å². The van der Waals surface area contributed by atoms with E-state index in [2.05, 4.69) is 17.1 Å². The lowest BCUT2D eigenvalue weighted by atomic mass is 10.1. The summed E-state index contributed by atoms with van der Waals surface area (Å²) in [5, 5.41) is 3.23. The molecule has 1 aliphatic heterocycles. The van der Waals surface area contributed by atoms with Gasteiger partial charge in [-0.2, -0.15) is 0 Å². The second-order valence-corrected chi connectivity index (χ2v) is 5.35. The molecule has 3 nitrogen and oxygen atoms in total. The highest BCUT2D eigenvalue weighted by atomic mass is 19.1. The molecule has 1 saturated heterocycles. The van der Waals surface area contributed by atoms with Gasteiger partial charge < -0.3 is 15.0 Å². The van der Waals surface area contributed by atoms with Gasteiger partial charge in [0.05, 0.1) is 12.3 Å². The van der Waals surface area contributed by atoms with Crippen LogP contribution in [0.15, 0.2) is 18.2 Å². The van der Waals surface area contributed by atoms with E-state index in [4.69, 9.17) is 4.74 Å². The normalized spacial score (nSPS) is 18.8. The van der Waals surface area contributed by atoms with Crippen molar-refractivity contribution < 1.29 is 9.13 Å². The van der Waals surface area contributed by atoms with Crippen LogP contribution in [0.4, 0.5) is 10.1 Å². The van der Waals surface area contributed by atoms with Crippen molar-refractivity contribution in [1.82, 2.24) is 5.32 Å². The fraction of sp³-hybridized carbons (Fsp3) is 0.625. The van der Waals surface area contributed by atoms with Crippen molar-refractivity contribution in [2.75, 3.05) is 31.7 Å². The van der Waals surface area contributed by atoms with Crippen LogP contribution in [0.5, 0.6) is 0 Å². The first-order chi connectivity index (χ1) is 9.76. The van der Waals surface area contributed by atoms with Gasteiger partial charge >= 0.3 is 0 Å².